The van der Waals surface area contributed by atoms with Crippen molar-refractivity contribution in [2.75, 3.05) is 13.6 Å². The highest BCUT2D eigenvalue weighted by Crippen LogP contribution is 2.26. The van der Waals surface area contributed by atoms with Crippen molar-refractivity contribution < 1.29 is 8.42 Å². The van der Waals surface area contributed by atoms with E-state index >= 15 is 0 Å². The van der Waals surface area contributed by atoms with Crippen molar-refractivity contribution in [3.63, 3.8) is 0 Å². The molecule has 17 heavy (non-hydrogen) atoms. The quantitative estimate of drug-likeness (QED) is 0.827. The second-order valence-corrected chi connectivity index (χ2v) is 7.19. The van der Waals surface area contributed by atoms with Gasteiger partial charge in [0.15, 0.2) is 0 Å². The first-order valence-corrected chi connectivity index (χ1v) is 8.20. The monoisotopic (exact) mass is 274 g/mol. The van der Waals surface area contributed by atoms with Crippen LogP contribution >= 0.6 is 11.3 Å². The van der Waals surface area contributed by atoms with Crippen LogP contribution in [-0.2, 0) is 16.6 Å². The molecule has 2 rings (SSSR count). The molecule has 0 aliphatic heterocycles. The van der Waals surface area contributed by atoms with Crippen LogP contribution in [0.2, 0.25) is 0 Å². The predicted molar refractivity (Wildman–Crippen MR) is 69.6 cm³/mol. The maximum Gasteiger partial charge on any atom is 0.241 e. The van der Waals surface area contributed by atoms with E-state index < -0.39 is 10.0 Å². The molecule has 1 aromatic rings. The lowest BCUT2D eigenvalue weighted by molar-refractivity contribution is 0.316. The summed E-state index contributed by atoms with van der Waals surface area (Å²) in [5, 5.41) is 4.72. The Morgan fingerprint density at radius 1 is 1.47 bits per heavy atom. The largest absolute Gasteiger partial charge is 0.315 e. The molecule has 1 heterocycles. The summed E-state index contributed by atoms with van der Waals surface area (Å²) in [6.07, 6.45) is 3.53. The van der Waals surface area contributed by atoms with Gasteiger partial charge in [-0.3, -0.25) is 0 Å². The van der Waals surface area contributed by atoms with Crippen LogP contribution in [0.1, 0.15) is 24.1 Å². The molecule has 4 nitrogen and oxygen atoms in total. The van der Waals surface area contributed by atoms with Gasteiger partial charge < -0.3 is 5.32 Å². The molecular weight excluding hydrogens is 256 g/mol. The maximum absolute atomic E-state index is 12.0. The van der Waals surface area contributed by atoms with Crippen LogP contribution < -0.4 is 10.0 Å². The molecule has 0 aromatic carbocycles. The molecule has 2 N–H and O–H groups in total. The summed E-state index contributed by atoms with van der Waals surface area (Å²) >= 11 is 1.47. The van der Waals surface area contributed by atoms with Crippen molar-refractivity contribution in [2.24, 2.45) is 5.92 Å². The molecule has 0 amide bonds. The molecule has 1 aromatic heterocycles. The lowest BCUT2D eigenvalue weighted by atomic mass is 9.86. The Labute approximate surface area is 106 Å². The Morgan fingerprint density at radius 2 is 2.24 bits per heavy atom. The molecule has 0 bridgehead atoms. The van der Waals surface area contributed by atoms with Gasteiger partial charge in [-0.1, -0.05) is 6.42 Å². The summed E-state index contributed by atoms with van der Waals surface area (Å²) in [5.74, 6) is 0.542. The normalized spacial score (nSPS) is 17.0. The Balaban J connectivity index is 1.97. The van der Waals surface area contributed by atoms with Crippen molar-refractivity contribution in [3.05, 3.63) is 16.3 Å². The van der Waals surface area contributed by atoms with Gasteiger partial charge in [-0.15, -0.1) is 11.3 Å². The van der Waals surface area contributed by atoms with E-state index in [1.54, 1.807) is 11.4 Å². The first-order valence-electron chi connectivity index (χ1n) is 5.83. The minimum atomic E-state index is -3.30. The molecule has 0 unspecified atom stereocenters. The van der Waals surface area contributed by atoms with Crippen LogP contribution in [0.15, 0.2) is 16.3 Å². The summed E-state index contributed by atoms with van der Waals surface area (Å²) < 4.78 is 26.6. The maximum atomic E-state index is 12.0. The molecule has 0 radical (unpaired) electrons. The zero-order valence-corrected chi connectivity index (χ0v) is 11.5. The summed E-state index contributed by atoms with van der Waals surface area (Å²) in [6.45, 7) is 1.29. The number of sulfonamides is 1. The molecule has 1 aliphatic rings. The highest BCUT2D eigenvalue weighted by Gasteiger charge is 2.21. The lowest BCUT2D eigenvalue weighted by Gasteiger charge is -2.25. The number of hydrogen-bond acceptors (Lipinski definition) is 4. The number of hydrogen-bond donors (Lipinski definition) is 2. The van der Waals surface area contributed by atoms with Gasteiger partial charge in [0.1, 0.15) is 0 Å². The van der Waals surface area contributed by atoms with E-state index in [1.165, 1.54) is 17.8 Å². The molecule has 0 spiro atoms. The van der Waals surface area contributed by atoms with Crippen LogP contribution in [0, 0.1) is 5.92 Å². The van der Waals surface area contributed by atoms with Gasteiger partial charge >= 0.3 is 0 Å². The van der Waals surface area contributed by atoms with E-state index in [-0.39, 0.29) is 0 Å². The summed E-state index contributed by atoms with van der Waals surface area (Å²) in [5.41, 5.74) is 0. The predicted octanol–water partition coefficient (Wildman–Crippen LogP) is 1.55. The van der Waals surface area contributed by atoms with Gasteiger partial charge in [-0.25, -0.2) is 13.1 Å². The van der Waals surface area contributed by atoms with Crippen molar-refractivity contribution in [2.45, 2.75) is 30.7 Å². The van der Waals surface area contributed by atoms with Crippen molar-refractivity contribution >= 4 is 21.4 Å². The van der Waals surface area contributed by atoms with Crippen LogP contribution in [0.25, 0.3) is 0 Å². The van der Waals surface area contributed by atoms with Gasteiger partial charge in [0, 0.05) is 23.3 Å². The summed E-state index contributed by atoms with van der Waals surface area (Å²) in [6, 6.07) is 1.74. The fraction of sp³-hybridized carbons (Fsp3) is 0.636. The van der Waals surface area contributed by atoms with Gasteiger partial charge in [0.05, 0.1) is 4.90 Å². The van der Waals surface area contributed by atoms with E-state index in [4.69, 9.17) is 0 Å². The molecule has 1 saturated carbocycles. The third-order valence-electron chi connectivity index (χ3n) is 3.08. The third kappa shape index (κ3) is 3.28. The van der Waals surface area contributed by atoms with Crippen LogP contribution in [-0.4, -0.2) is 22.0 Å². The highest BCUT2D eigenvalue weighted by molar-refractivity contribution is 7.89. The van der Waals surface area contributed by atoms with Crippen LogP contribution in [0.5, 0.6) is 0 Å². The van der Waals surface area contributed by atoms with E-state index in [9.17, 15) is 8.42 Å². The molecule has 1 aliphatic carbocycles. The van der Waals surface area contributed by atoms with Gasteiger partial charge in [-0.2, -0.15) is 0 Å². The zero-order chi connectivity index (χ0) is 12.3. The Morgan fingerprint density at radius 3 is 2.82 bits per heavy atom. The molecule has 0 atom stereocenters. The minimum Gasteiger partial charge on any atom is -0.315 e. The average Bonchev–Trinajstić information content (AvgIpc) is 2.65. The van der Waals surface area contributed by atoms with E-state index in [0.717, 1.165) is 17.7 Å². The Hall–Kier alpha value is -0.430. The van der Waals surface area contributed by atoms with E-state index in [1.807, 2.05) is 7.05 Å². The van der Waals surface area contributed by atoms with Gasteiger partial charge in [0.2, 0.25) is 10.0 Å². The topological polar surface area (TPSA) is 58.2 Å². The molecule has 6 heteroatoms. The van der Waals surface area contributed by atoms with E-state index in [2.05, 4.69) is 10.0 Å². The SMILES string of the molecule is CNCc1cc(S(=O)(=O)NCC2CCC2)cs1. The molecule has 1 fully saturated rings. The minimum absolute atomic E-state index is 0.395. The second kappa shape index (κ2) is 5.48. The van der Waals surface area contributed by atoms with Gasteiger partial charge in [-0.05, 0) is 31.9 Å². The fourth-order valence-corrected chi connectivity index (χ4v) is 4.18. The first-order chi connectivity index (χ1) is 8.12. The van der Waals surface area contributed by atoms with Crippen molar-refractivity contribution in [1.82, 2.24) is 10.0 Å². The number of nitrogens with one attached hydrogen (secondary N) is 2. The second-order valence-electron chi connectivity index (χ2n) is 4.43. The Bertz CT molecular complexity index is 464. The summed E-state index contributed by atoms with van der Waals surface area (Å²) in [7, 11) is -1.45. The average molecular weight is 274 g/mol. The number of rotatable bonds is 6. The van der Waals surface area contributed by atoms with Crippen LogP contribution in [0.4, 0.5) is 0 Å². The zero-order valence-electron chi connectivity index (χ0n) is 9.90. The molecule has 0 saturated heterocycles. The van der Waals surface area contributed by atoms with Crippen molar-refractivity contribution in [3.8, 4) is 0 Å². The lowest BCUT2D eigenvalue weighted by Crippen LogP contribution is -2.32. The standard InChI is InChI=1S/C11H18N2O2S2/c1-12-7-10-5-11(8-16-10)17(14,15)13-6-9-3-2-4-9/h5,8-9,12-13H,2-4,6-7H2,1H3. The smallest absolute Gasteiger partial charge is 0.241 e. The third-order valence-corrected chi connectivity index (χ3v) is 5.57. The van der Waals surface area contributed by atoms with Crippen molar-refractivity contribution in [1.29, 1.82) is 0 Å². The Kier molecular flexibility index (Phi) is 4.19. The fourth-order valence-electron chi connectivity index (χ4n) is 1.78. The van der Waals surface area contributed by atoms with E-state index in [0.29, 0.717) is 23.9 Å². The molecular formula is C11H18N2O2S2. The van der Waals surface area contributed by atoms with Gasteiger partial charge in [0.25, 0.3) is 0 Å². The molecule has 96 valence electrons. The highest BCUT2D eigenvalue weighted by atomic mass is 32.2. The first kappa shape index (κ1) is 13.0. The van der Waals surface area contributed by atoms with Crippen LogP contribution in [0.3, 0.4) is 0 Å². The number of thiophene rings is 1. The summed E-state index contributed by atoms with van der Waals surface area (Å²) in [4.78, 5) is 1.43.